The van der Waals surface area contributed by atoms with Gasteiger partial charge in [-0.15, -0.1) is 0 Å². The summed E-state index contributed by atoms with van der Waals surface area (Å²) in [5.74, 6) is 1.70. The van der Waals surface area contributed by atoms with Crippen LogP contribution in [0.2, 0.25) is 0 Å². The van der Waals surface area contributed by atoms with Crippen molar-refractivity contribution in [3.05, 3.63) is 23.8 Å². The van der Waals surface area contributed by atoms with Crippen LogP contribution in [0.15, 0.2) is 18.2 Å². The number of amides is 1. The lowest BCUT2D eigenvalue weighted by molar-refractivity contribution is -0.123. The minimum absolute atomic E-state index is 0.121. The Kier molecular flexibility index (Phi) is 4.83. The third kappa shape index (κ3) is 3.91. The van der Waals surface area contributed by atoms with Gasteiger partial charge in [0.15, 0.2) is 11.5 Å². The quantitative estimate of drug-likeness (QED) is 0.907. The van der Waals surface area contributed by atoms with Gasteiger partial charge in [-0.1, -0.05) is 25.3 Å². The zero-order valence-corrected chi connectivity index (χ0v) is 13.1. The minimum atomic E-state index is 0.121. The number of carbonyl (C=O) groups excluding carboxylic acids is 1. The van der Waals surface area contributed by atoms with Crippen molar-refractivity contribution in [2.75, 3.05) is 20.4 Å². The van der Waals surface area contributed by atoms with Crippen molar-refractivity contribution in [3.8, 4) is 11.5 Å². The molecule has 0 unspecified atom stereocenters. The average Bonchev–Trinajstić information content (AvgIpc) is 2.95. The predicted octanol–water partition coefficient (Wildman–Crippen LogP) is 2.30. The molecule has 0 spiro atoms. The third-order valence-corrected chi connectivity index (χ3v) is 4.27. The SMILES string of the molecule is CN(CC(=O)NC1CCCCC1)Cc1ccc2c(c1)OCO2. The van der Waals surface area contributed by atoms with E-state index in [1.165, 1.54) is 19.3 Å². The zero-order valence-electron chi connectivity index (χ0n) is 13.1. The molecule has 1 N–H and O–H groups in total. The van der Waals surface area contributed by atoms with Crippen LogP contribution in [0.1, 0.15) is 37.7 Å². The predicted molar refractivity (Wildman–Crippen MR) is 83.9 cm³/mol. The first-order chi connectivity index (χ1) is 10.7. The van der Waals surface area contributed by atoms with Crippen molar-refractivity contribution in [2.45, 2.75) is 44.7 Å². The first kappa shape index (κ1) is 15.2. The van der Waals surface area contributed by atoms with E-state index in [-0.39, 0.29) is 5.91 Å². The maximum Gasteiger partial charge on any atom is 0.234 e. The molecule has 3 rings (SSSR count). The van der Waals surface area contributed by atoms with E-state index in [9.17, 15) is 4.79 Å². The number of nitrogens with zero attached hydrogens (tertiary/aromatic N) is 1. The summed E-state index contributed by atoms with van der Waals surface area (Å²) in [5.41, 5.74) is 1.12. The van der Waals surface area contributed by atoms with E-state index >= 15 is 0 Å². The van der Waals surface area contributed by atoms with Gasteiger partial charge < -0.3 is 14.8 Å². The van der Waals surface area contributed by atoms with Gasteiger partial charge in [-0.25, -0.2) is 0 Å². The highest BCUT2D eigenvalue weighted by atomic mass is 16.7. The molecule has 0 saturated heterocycles. The number of benzene rings is 1. The van der Waals surface area contributed by atoms with Crippen LogP contribution in [0.4, 0.5) is 0 Å². The number of nitrogens with one attached hydrogen (secondary N) is 1. The number of fused-ring (bicyclic) bond motifs is 1. The summed E-state index contributed by atoms with van der Waals surface area (Å²) >= 11 is 0. The summed E-state index contributed by atoms with van der Waals surface area (Å²) in [4.78, 5) is 14.1. The van der Waals surface area contributed by atoms with E-state index in [0.717, 1.165) is 29.9 Å². The Labute approximate surface area is 131 Å². The lowest BCUT2D eigenvalue weighted by Gasteiger charge is -2.24. The second kappa shape index (κ2) is 7.01. The van der Waals surface area contributed by atoms with Crippen molar-refractivity contribution in [1.29, 1.82) is 0 Å². The molecule has 22 heavy (non-hydrogen) atoms. The zero-order chi connectivity index (χ0) is 15.4. The van der Waals surface area contributed by atoms with Gasteiger partial charge in [0.2, 0.25) is 12.7 Å². The van der Waals surface area contributed by atoms with Crippen LogP contribution in [-0.4, -0.2) is 37.2 Å². The van der Waals surface area contributed by atoms with E-state index < -0.39 is 0 Å². The summed E-state index contributed by atoms with van der Waals surface area (Å²) in [5, 5.41) is 3.15. The molecular weight excluding hydrogens is 280 g/mol. The first-order valence-corrected chi connectivity index (χ1v) is 8.07. The van der Waals surface area contributed by atoms with Crippen LogP contribution in [-0.2, 0) is 11.3 Å². The molecule has 0 radical (unpaired) electrons. The fraction of sp³-hybridized carbons (Fsp3) is 0.588. The molecule has 0 aromatic heterocycles. The van der Waals surface area contributed by atoms with Crippen LogP contribution in [0, 0.1) is 0 Å². The van der Waals surface area contributed by atoms with Gasteiger partial charge in [-0.3, -0.25) is 9.69 Å². The molecule has 1 heterocycles. The summed E-state index contributed by atoms with van der Waals surface area (Å²) in [6, 6.07) is 6.30. The van der Waals surface area contributed by atoms with Crippen molar-refractivity contribution >= 4 is 5.91 Å². The van der Waals surface area contributed by atoms with Crippen molar-refractivity contribution < 1.29 is 14.3 Å². The van der Waals surface area contributed by atoms with E-state index in [1.807, 2.05) is 30.1 Å². The molecule has 1 aromatic rings. The van der Waals surface area contributed by atoms with E-state index in [1.54, 1.807) is 0 Å². The highest BCUT2D eigenvalue weighted by Crippen LogP contribution is 2.32. The van der Waals surface area contributed by atoms with Crippen LogP contribution in [0.3, 0.4) is 0 Å². The summed E-state index contributed by atoms with van der Waals surface area (Å²) in [7, 11) is 1.96. The molecule has 2 aliphatic rings. The molecule has 0 atom stereocenters. The molecule has 5 heteroatoms. The monoisotopic (exact) mass is 304 g/mol. The van der Waals surface area contributed by atoms with Crippen molar-refractivity contribution in [3.63, 3.8) is 0 Å². The Morgan fingerprint density at radius 3 is 2.82 bits per heavy atom. The second-order valence-corrected chi connectivity index (χ2v) is 6.26. The Balaban J connectivity index is 1.47. The minimum Gasteiger partial charge on any atom is -0.454 e. The Bertz CT molecular complexity index is 527. The van der Waals surface area contributed by atoms with Crippen LogP contribution < -0.4 is 14.8 Å². The number of hydrogen-bond acceptors (Lipinski definition) is 4. The van der Waals surface area contributed by atoms with E-state index in [2.05, 4.69) is 5.32 Å². The first-order valence-electron chi connectivity index (χ1n) is 8.07. The highest BCUT2D eigenvalue weighted by molar-refractivity contribution is 5.78. The maximum atomic E-state index is 12.1. The van der Waals surface area contributed by atoms with Crippen molar-refractivity contribution in [2.24, 2.45) is 0 Å². The van der Waals surface area contributed by atoms with Gasteiger partial charge in [0.1, 0.15) is 0 Å². The molecule has 1 saturated carbocycles. The molecule has 1 aliphatic carbocycles. The Morgan fingerprint density at radius 1 is 1.23 bits per heavy atom. The van der Waals surface area contributed by atoms with Crippen LogP contribution in [0.25, 0.3) is 0 Å². The summed E-state index contributed by atoms with van der Waals surface area (Å²) in [6.07, 6.45) is 6.02. The number of ether oxygens (including phenoxy) is 2. The molecule has 1 aromatic carbocycles. The molecule has 120 valence electrons. The highest BCUT2D eigenvalue weighted by Gasteiger charge is 2.17. The lowest BCUT2D eigenvalue weighted by Crippen LogP contribution is -2.41. The van der Waals surface area contributed by atoms with Crippen LogP contribution >= 0.6 is 0 Å². The van der Waals surface area contributed by atoms with Gasteiger partial charge >= 0.3 is 0 Å². The lowest BCUT2D eigenvalue weighted by atomic mass is 9.95. The molecule has 1 amide bonds. The molecule has 5 nitrogen and oxygen atoms in total. The van der Waals surface area contributed by atoms with Gasteiger partial charge in [0.25, 0.3) is 0 Å². The van der Waals surface area contributed by atoms with E-state index in [4.69, 9.17) is 9.47 Å². The largest absolute Gasteiger partial charge is 0.454 e. The molecular formula is C17H24N2O3. The summed E-state index contributed by atoms with van der Waals surface area (Å²) < 4.78 is 10.7. The second-order valence-electron chi connectivity index (χ2n) is 6.26. The van der Waals surface area contributed by atoms with Gasteiger partial charge in [-0.05, 0) is 37.6 Å². The van der Waals surface area contributed by atoms with Crippen molar-refractivity contribution in [1.82, 2.24) is 10.2 Å². The third-order valence-electron chi connectivity index (χ3n) is 4.27. The van der Waals surface area contributed by atoms with E-state index in [0.29, 0.717) is 25.9 Å². The smallest absolute Gasteiger partial charge is 0.234 e. The normalized spacial score (nSPS) is 17.7. The number of rotatable bonds is 5. The van der Waals surface area contributed by atoms with Crippen LogP contribution in [0.5, 0.6) is 11.5 Å². The summed E-state index contributed by atoms with van der Waals surface area (Å²) in [6.45, 7) is 1.43. The Hall–Kier alpha value is -1.75. The molecule has 0 bridgehead atoms. The van der Waals surface area contributed by atoms with Gasteiger partial charge in [0, 0.05) is 12.6 Å². The maximum absolute atomic E-state index is 12.1. The fourth-order valence-corrected chi connectivity index (χ4v) is 3.17. The standard InChI is InChI=1S/C17H24N2O3/c1-19(11-17(20)18-14-5-3-2-4-6-14)10-13-7-8-15-16(9-13)22-12-21-15/h7-9,14H,2-6,10-12H2,1H3,(H,18,20). The number of hydrogen-bond donors (Lipinski definition) is 1. The number of carbonyl (C=O) groups is 1. The topological polar surface area (TPSA) is 50.8 Å². The van der Waals surface area contributed by atoms with Gasteiger partial charge in [-0.2, -0.15) is 0 Å². The average molecular weight is 304 g/mol. The Morgan fingerprint density at radius 2 is 2.00 bits per heavy atom. The number of likely N-dealkylation sites (N-methyl/N-ethyl adjacent to an activating group) is 1. The molecule has 1 aliphatic heterocycles. The fourth-order valence-electron chi connectivity index (χ4n) is 3.17. The molecule has 1 fully saturated rings. The van der Waals surface area contributed by atoms with Gasteiger partial charge in [0.05, 0.1) is 6.54 Å².